The first-order valence-electron chi connectivity index (χ1n) is 10.2. The minimum atomic E-state index is -0.104. The molecular formula is C21H27N3O3. The number of carbonyl (C=O) groups is 2. The second-order valence-corrected chi connectivity index (χ2v) is 8.55. The van der Waals surface area contributed by atoms with E-state index in [9.17, 15) is 9.59 Å². The predicted molar refractivity (Wildman–Crippen MR) is 103 cm³/mol. The molecule has 0 bridgehead atoms. The Morgan fingerprint density at radius 3 is 2.67 bits per heavy atom. The van der Waals surface area contributed by atoms with E-state index in [4.69, 9.17) is 4.74 Å². The highest BCUT2D eigenvalue weighted by atomic mass is 16.6. The molecule has 1 aliphatic carbocycles. The Morgan fingerprint density at radius 1 is 1.15 bits per heavy atom. The van der Waals surface area contributed by atoms with Crippen molar-refractivity contribution in [1.29, 1.82) is 0 Å². The number of anilines is 2. The SMILES string of the molecule is O=C1Cc2cc(N3CCN(CCC4CC5(CCC5)C(=O)O4)CC3)ccc2N1. The number of amides is 1. The van der Waals surface area contributed by atoms with Crippen LogP contribution in [0, 0.1) is 5.41 Å². The highest BCUT2D eigenvalue weighted by molar-refractivity contribution is 5.99. The summed E-state index contributed by atoms with van der Waals surface area (Å²) in [7, 11) is 0. The summed E-state index contributed by atoms with van der Waals surface area (Å²) >= 11 is 0. The van der Waals surface area contributed by atoms with Crippen molar-refractivity contribution in [2.45, 2.75) is 44.6 Å². The number of cyclic esters (lactones) is 1. The number of nitrogens with one attached hydrogen (secondary N) is 1. The van der Waals surface area contributed by atoms with Crippen LogP contribution in [0.1, 0.15) is 37.7 Å². The van der Waals surface area contributed by atoms with Crippen LogP contribution in [0.15, 0.2) is 18.2 Å². The van der Waals surface area contributed by atoms with Gasteiger partial charge in [-0.15, -0.1) is 0 Å². The Balaban J connectivity index is 1.11. The summed E-state index contributed by atoms with van der Waals surface area (Å²) in [5.74, 6) is 0.149. The van der Waals surface area contributed by atoms with Gasteiger partial charge in [0.05, 0.1) is 11.8 Å². The van der Waals surface area contributed by atoms with Gasteiger partial charge < -0.3 is 15.0 Å². The topological polar surface area (TPSA) is 61.9 Å². The molecule has 1 atom stereocenters. The van der Waals surface area contributed by atoms with E-state index < -0.39 is 0 Å². The number of ether oxygens (including phenoxy) is 1. The number of benzene rings is 1. The second kappa shape index (κ2) is 6.51. The van der Waals surface area contributed by atoms with Gasteiger partial charge in [0.25, 0.3) is 0 Å². The van der Waals surface area contributed by atoms with E-state index in [2.05, 4.69) is 27.2 Å². The van der Waals surface area contributed by atoms with Crippen LogP contribution >= 0.6 is 0 Å². The van der Waals surface area contributed by atoms with Gasteiger partial charge in [-0.3, -0.25) is 14.5 Å². The number of esters is 1. The molecule has 3 fully saturated rings. The summed E-state index contributed by atoms with van der Waals surface area (Å²) in [6.07, 6.45) is 5.75. The van der Waals surface area contributed by atoms with Gasteiger partial charge >= 0.3 is 5.97 Å². The zero-order chi connectivity index (χ0) is 18.4. The summed E-state index contributed by atoms with van der Waals surface area (Å²) in [5.41, 5.74) is 3.17. The van der Waals surface area contributed by atoms with Crippen molar-refractivity contribution >= 4 is 23.3 Å². The number of carbonyl (C=O) groups excluding carboxylic acids is 2. The van der Waals surface area contributed by atoms with Gasteiger partial charge in [0, 0.05) is 50.5 Å². The van der Waals surface area contributed by atoms with Crippen molar-refractivity contribution in [2.24, 2.45) is 5.41 Å². The van der Waals surface area contributed by atoms with Crippen LogP contribution in [0.3, 0.4) is 0 Å². The lowest BCUT2D eigenvalue weighted by molar-refractivity contribution is -0.152. The van der Waals surface area contributed by atoms with Crippen molar-refractivity contribution in [3.05, 3.63) is 23.8 Å². The number of nitrogens with zero attached hydrogens (tertiary/aromatic N) is 2. The van der Waals surface area contributed by atoms with E-state index in [0.29, 0.717) is 6.42 Å². The summed E-state index contributed by atoms with van der Waals surface area (Å²) in [4.78, 5) is 28.5. The highest BCUT2D eigenvalue weighted by Gasteiger charge is 2.52. The van der Waals surface area contributed by atoms with E-state index >= 15 is 0 Å². The second-order valence-electron chi connectivity index (χ2n) is 8.55. The maximum Gasteiger partial charge on any atom is 0.312 e. The summed E-state index contributed by atoms with van der Waals surface area (Å²) in [6, 6.07) is 6.28. The van der Waals surface area contributed by atoms with Gasteiger partial charge in [-0.1, -0.05) is 6.42 Å². The molecule has 6 nitrogen and oxygen atoms in total. The van der Waals surface area contributed by atoms with Crippen molar-refractivity contribution in [2.75, 3.05) is 42.9 Å². The van der Waals surface area contributed by atoms with Gasteiger partial charge in [0.1, 0.15) is 6.10 Å². The molecule has 2 saturated heterocycles. The maximum atomic E-state index is 12.1. The quantitative estimate of drug-likeness (QED) is 0.825. The Hall–Kier alpha value is -2.08. The molecule has 0 aromatic heterocycles. The van der Waals surface area contributed by atoms with E-state index in [1.807, 2.05) is 6.07 Å². The van der Waals surface area contributed by atoms with Gasteiger partial charge in [0.15, 0.2) is 0 Å². The molecule has 3 heterocycles. The number of hydrogen-bond acceptors (Lipinski definition) is 5. The Morgan fingerprint density at radius 2 is 1.96 bits per heavy atom. The number of piperazine rings is 1. The molecule has 144 valence electrons. The van der Waals surface area contributed by atoms with Gasteiger partial charge in [-0.25, -0.2) is 0 Å². The van der Waals surface area contributed by atoms with Crippen LogP contribution in [0.4, 0.5) is 11.4 Å². The Bertz CT molecular complexity index is 766. The molecule has 1 unspecified atom stereocenters. The third kappa shape index (κ3) is 3.10. The molecular weight excluding hydrogens is 342 g/mol. The molecule has 1 amide bonds. The van der Waals surface area contributed by atoms with Crippen molar-refractivity contribution in [3.63, 3.8) is 0 Å². The molecule has 3 aliphatic heterocycles. The molecule has 5 rings (SSSR count). The summed E-state index contributed by atoms with van der Waals surface area (Å²) in [5, 5.41) is 2.89. The Labute approximate surface area is 159 Å². The fraction of sp³-hybridized carbons (Fsp3) is 0.619. The standard InChI is InChI=1S/C21H27N3O3/c25-19-13-15-12-16(2-3-18(15)22-19)24-10-8-23(9-11-24)7-4-17-14-21(5-1-6-21)20(26)27-17/h2-3,12,17H,1,4-11,13-14H2,(H,22,25). The third-order valence-electron chi connectivity index (χ3n) is 6.85. The molecule has 1 spiro atoms. The predicted octanol–water partition coefficient (Wildman–Crippen LogP) is 2.18. The highest BCUT2D eigenvalue weighted by Crippen LogP contribution is 2.50. The van der Waals surface area contributed by atoms with E-state index in [0.717, 1.165) is 69.7 Å². The van der Waals surface area contributed by atoms with E-state index in [1.54, 1.807) is 0 Å². The summed E-state index contributed by atoms with van der Waals surface area (Å²) < 4.78 is 5.64. The van der Waals surface area contributed by atoms with Crippen LogP contribution in [-0.2, 0) is 20.7 Å². The molecule has 1 saturated carbocycles. The van der Waals surface area contributed by atoms with Crippen LogP contribution in [0.2, 0.25) is 0 Å². The molecule has 1 aromatic rings. The van der Waals surface area contributed by atoms with Crippen LogP contribution < -0.4 is 10.2 Å². The number of fused-ring (bicyclic) bond motifs is 1. The lowest BCUT2D eigenvalue weighted by Gasteiger charge is -2.36. The van der Waals surface area contributed by atoms with E-state index in [1.165, 1.54) is 12.1 Å². The minimum Gasteiger partial charge on any atom is -0.462 e. The number of hydrogen-bond donors (Lipinski definition) is 1. The van der Waals surface area contributed by atoms with Crippen LogP contribution in [0.5, 0.6) is 0 Å². The molecule has 0 radical (unpaired) electrons. The van der Waals surface area contributed by atoms with E-state index in [-0.39, 0.29) is 23.4 Å². The van der Waals surface area contributed by atoms with Gasteiger partial charge in [0.2, 0.25) is 5.91 Å². The van der Waals surface area contributed by atoms with Gasteiger partial charge in [-0.2, -0.15) is 0 Å². The zero-order valence-corrected chi connectivity index (χ0v) is 15.7. The first-order chi connectivity index (χ1) is 13.1. The Kier molecular flexibility index (Phi) is 4.11. The summed E-state index contributed by atoms with van der Waals surface area (Å²) in [6.45, 7) is 5.05. The largest absolute Gasteiger partial charge is 0.462 e. The van der Waals surface area contributed by atoms with Crippen molar-refractivity contribution in [3.8, 4) is 0 Å². The molecule has 4 aliphatic rings. The van der Waals surface area contributed by atoms with Gasteiger partial charge in [-0.05, 0) is 43.0 Å². The fourth-order valence-electron chi connectivity index (χ4n) is 4.98. The fourth-order valence-corrected chi connectivity index (χ4v) is 4.98. The first-order valence-corrected chi connectivity index (χ1v) is 10.2. The molecule has 1 N–H and O–H groups in total. The van der Waals surface area contributed by atoms with Crippen LogP contribution in [-0.4, -0.2) is 55.6 Å². The van der Waals surface area contributed by atoms with Crippen molar-refractivity contribution in [1.82, 2.24) is 4.90 Å². The molecule has 6 heteroatoms. The monoisotopic (exact) mass is 369 g/mol. The lowest BCUT2D eigenvalue weighted by atomic mass is 9.67. The maximum absolute atomic E-state index is 12.1. The first kappa shape index (κ1) is 17.0. The number of rotatable bonds is 4. The average molecular weight is 369 g/mol. The minimum absolute atomic E-state index is 0.0631. The third-order valence-corrected chi connectivity index (χ3v) is 6.85. The lowest BCUT2D eigenvalue weighted by Crippen LogP contribution is -2.47. The normalized spacial score (nSPS) is 26.7. The molecule has 27 heavy (non-hydrogen) atoms. The molecule has 1 aromatic carbocycles. The smallest absolute Gasteiger partial charge is 0.312 e. The average Bonchev–Trinajstić information content (AvgIpc) is 3.18. The zero-order valence-electron chi connectivity index (χ0n) is 15.7. The van der Waals surface area contributed by atoms with Crippen molar-refractivity contribution < 1.29 is 14.3 Å². The van der Waals surface area contributed by atoms with Crippen LogP contribution in [0.25, 0.3) is 0 Å².